The van der Waals surface area contributed by atoms with Crippen molar-refractivity contribution in [1.82, 2.24) is 9.97 Å². The summed E-state index contributed by atoms with van der Waals surface area (Å²) >= 11 is 0. The van der Waals surface area contributed by atoms with E-state index in [2.05, 4.69) is 9.97 Å². The van der Waals surface area contributed by atoms with Crippen molar-refractivity contribution in [3.63, 3.8) is 0 Å². The highest BCUT2D eigenvalue weighted by Crippen LogP contribution is 2.31. The van der Waals surface area contributed by atoms with Gasteiger partial charge in [0.1, 0.15) is 17.4 Å². The van der Waals surface area contributed by atoms with Gasteiger partial charge in [-0.05, 0) is 32.0 Å². The number of nitrogens with zero attached hydrogens (tertiary/aromatic N) is 1. The van der Waals surface area contributed by atoms with Crippen molar-refractivity contribution in [2.45, 2.75) is 13.8 Å². The zero-order valence-electron chi connectivity index (χ0n) is 9.47. The van der Waals surface area contributed by atoms with Crippen LogP contribution < -0.4 is 4.74 Å². The molecule has 1 N–H and O–H groups in total. The number of methoxy groups -OCH3 is 1. The highest BCUT2D eigenvalue weighted by molar-refractivity contribution is 5.69. The molecule has 0 bridgehead atoms. The van der Waals surface area contributed by atoms with Gasteiger partial charge in [-0.3, -0.25) is 0 Å². The van der Waals surface area contributed by atoms with E-state index in [4.69, 9.17) is 4.74 Å². The van der Waals surface area contributed by atoms with Crippen LogP contribution >= 0.6 is 0 Å². The maximum Gasteiger partial charge on any atom is 0.128 e. The molecule has 1 aromatic heterocycles. The van der Waals surface area contributed by atoms with Crippen LogP contribution in [0.2, 0.25) is 0 Å². The molecule has 0 saturated carbocycles. The molecule has 0 saturated heterocycles. The summed E-state index contributed by atoms with van der Waals surface area (Å²) in [7, 11) is 1.56. The van der Waals surface area contributed by atoms with Crippen molar-refractivity contribution in [2.75, 3.05) is 7.11 Å². The molecule has 0 radical (unpaired) electrons. The molecule has 0 unspecified atom stereocenters. The predicted octanol–water partition coefficient (Wildman–Crippen LogP) is 2.84. The Morgan fingerprint density at radius 3 is 2.62 bits per heavy atom. The van der Waals surface area contributed by atoms with Gasteiger partial charge in [0.25, 0.3) is 0 Å². The third-order valence-electron chi connectivity index (χ3n) is 2.42. The van der Waals surface area contributed by atoms with Crippen molar-refractivity contribution in [2.24, 2.45) is 0 Å². The Balaban J connectivity index is 2.62. The Morgan fingerprint density at radius 1 is 1.31 bits per heavy atom. The minimum absolute atomic E-state index is 0.296. The molecule has 3 nitrogen and oxygen atoms in total. The fourth-order valence-corrected chi connectivity index (χ4v) is 1.74. The maximum atomic E-state index is 13.2. The van der Waals surface area contributed by atoms with Gasteiger partial charge in [0.15, 0.2) is 0 Å². The van der Waals surface area contributed by atoms with Gasteiger partial charge in [0.05, 0.1) is 12.8 Å². The number of imidazole rings is 1. The number of benzene rings is 1. The van der Waals surface area contributed by atoms with Crippen molar-refractivity contribution in [3.05, 3.63) is 35.5 Å². The Kier molecular flexibility index (Phi) is 2.64. The van der Waals surface area contributed by atoms with E-state index in [-0.39, 0.29) is 5.82 Å². The number of rotatable bonds is 2. The van der Waals surface area contributed by atoms with Crippen LogP contribution in [0, 0.1) is 19.7 Å². The first-order valence-corrected chi connectivity index (χ1v) is 4.99. The molecule has 0 fully saturated rings. The predicted molar refractivity (Wildman–Crippen MR) is 60.0 cm³/mol. The second-order valence-electron chi connectivity index (χ2n) is 3.64. The number of nitrogens with one attached hydrogen (secondary N) is 1. The van der Waals surface area contributed by atoms with Crippen molar-refractivity contribution in [1.29, 1.82) is 0 Å². The van der Waals surface area contributed by atoms with E-state index in [9.17, 15) is 4.39 Å². The monoisotopic (exact) mass is 220 g/mol. The quantitative estimate of drug-likeness (QED) is 0.845. The molecule has 0 atom stereocenters. The first kappa shape index (κ1) is 10.7. The molecule has 0 amide bonds. The summed E-state index contributed by atoms with van der Waals surface area (Å²) in [5, 5.41) is 0. The van der Waals surface area contributed by atoms with Crippen LogP contribution in [0.5, 0.6) is 5.75 Å². The van der Waals surface area contributed by atoms with E-state index in [1.807, 2.05) is 13.8 Å². The van der Waals surface area contributed by atoms with E-state index in [0.29, 0.717) is 11.3 Å². The Morgan fingerprint density at radius 2 is 2.06 bits per heavy atom. The smallest absolute Gasteiger partial charge is 0.128 e. The highest BCUT2D eigenvalue weighted by atomic mass is 19.1. The lowest BCUT2D eigenvalue weighted by molar-refractivity contribution is 0.415. The number of H-pyrrole nitrogens is 1. The molecule has 1 heterocycles. The molecule has 1 aromatic carbocycles. The maximum absolute atomic E-state index is 13.2. The molecular weight excluding hydrogens is 207 g/mol. The lowest BCUT2D eigenvalue weighted by atomic mass is 10.1. The van der Waals surface area contributed by atoms with Crippen molar-refractivity contribution < 1.29 is 9.13 Å². The topological polar surface area (TPSA) is 37.9 Å². The average Bonchev–Trinajstić information content (AvgIpc) is 2.57. The molecular formula is C12H13FN2O. The van der Waals surface area contributed by atoms with Gasteiger partial charge in [0, 0.05) is 11.3 Å². The van der Waals surface area contributed by atoms with Crippen LogP contribution in [-0.2, 0) is 0 Å². The number of aromatic amines is 1. The normalized spacial score (nSPS) is 10.5. The second-order valence-corrected chi connectivity index (χ2v) is 3.64. The van der Waals surface area contributed by atoms with Gasteiger partial charge in [-0.1, -0.05) is 0 Å². The van der Waals surface area contributed by atoms with Crippen molar-refractivity contribution >= 4 is 0 Å². The van der Waals surface area contributed by atoms with Crippen LogP contribution in [0.25, 0.3) is 11.3 Å². The average molecular weight is 220 g/mol. The summed E-state index contributed by atoms with van der Waals surface area (Å²) in [5.41, 5.74) is 2.31. The lowest BCUT2D eigenvalue weighted by Crippen LogP contribution is -1.90. The summed E-state index contributed by atoms with van der Waals surface area (Å²) in [5.74, 6) is 1.13. The van der Waals surface area contributed by atoms with Crippen LogP contribution in [0.4, 0.5) is 4.39 Å². The van der Waals surface area contributed by atoms with Crippen LogP contribution in [-0.4, -0.2) is 17.1 Å². The number of aryl methyl sites for hydroxylation is 2. The summed E-state index contributed by atoms with van der Waals surface area (Å²) in [6, 6.07) is 4.41. The Labute approximate surface area is 93.3 Å². The zero-order valence-corrected chi connectivity index (χ0v) is 9.47. The van der Waals surface area contributed by atoms with E-state index in [1.165, 1.54) is 12.1 Å². The number of ether oxygens (including phenoxy) is 1. The van der Waals surface area contributed by atoms with Gasteiger partial charge < -0.3 is 9.72 Å². The Bertz CT molecular complexity index is 520. The third-order valence-corrected chi connectivity index (χ3v) is 2.42. The molecule has 16 heavy (non-hydrogen) atoms. The van der Waals surface area contributed by atoms with Crippen LogP contribution in [0.3, 0.4) is 0 Å². The number of hydrogen-bond donors (Lipinski definition) is 1. The first-order chi connectivity index (χ1) is 7.61. The minimum atomic E-state index is -0.296. The highest BCUT2D eigenvalue weighted by Gasteiger charge is 2.13. The first-order valence-electron chi connectivity index (χ1n) is 4.99. The fraction of sp³-hybridized carbons (Fsp3) is 0.250. The summed E-state index contributed by atoms with van der Waals surface area (Å²) < 4.78 is 18.4. The van der Waals surface area contributed by atoms with E-state index >= 15 is 0 Å². The number of hydrogen-bond acceptors (Lipinski definition) is 2. The molecule has 2 aromatic rings. The largest absolute Gasteiger partial charge is 0.496 e. The van der Waals surface area contributed by atoms with Gasteiger partial charge in [-0.2, -0.15) is 0 Å². The molecule has 4 heteroatoms. The number of aromatic nitrogens is 2. The lowest BCUT2D eigenvalue weighted by Gasteiger charge is -2.06. The Hall–Kier alpha value is -1.84. The summed E-state index contributed by atoms with van der Waals surface area (Å²) in [6.45, 7) is 3.77. The zero-order chi connectivity index (χ0) is 11.7. The standard InChI is InChI=1S/C12H13FN2O/c1-7-12(15-8(2)14-7)10-6-9(13)4-5-11(10)16-3/h4-6H,1-3H3,(H,14,15). The molecule has 0 aliphatic carbocycles. The number of halogens is 1. The van der Waals surface area contributed by atoms with Crippen molar-refractivity contribution in [3.8, 4) is 17.0 Å². The van der Waals surface area contributed by atoms with E-state index < -0.39 is 0 Å². The van der Waals surface area contributed by atoms with Gasteiger partial charge in [-0.25, -0.2) is 9.37 Å². The molecule has 0 aliphatic rings. The summed E-state index contributed by atoms with van der Waals surface area (Å²) in [6.07, 6.45) is 0. The molecule has 0 aliphatic heterocycles. The molecule has 84 valence electrons. The molecule has 2 rings (SSSR count). The van der Waals surface area contributed by atoms with Crippen LogP contribution in [0.1, 0.15) is 11.5 Å². The van der Waals surface area contributed by atoms with E-state index in [0.717, 1.165) is 17.2 Å². The summed E-state index contributed by atoms with van der Waals surface area (Å²) in [4.78, 5) is 7.42. The second kappa shape index (κ2) is 3.96. The SMILES string of the molecule is COc1ccc(F)cc1-c1nc(C)[nH]c1C. The third kappa shape index (κ3) is 1.78. The fourth-order valence-electron chi connectivity index (χ4n) is 1.74. The molecule has 0 spiro atoms. The van der Waals surface area contributed by atoms with Gasteiger partial charge >= 0.3 is 0 Å². The van der Waals surface area contributed by atoms with E-state index in [1.54, 1.807) is 13.2 Å². The van der Waals surface area contributed by atoms with Gasteiger partial charge in [0.2, 0.25) is 0 Å². The van der Waals surface area contributed by atoms with Gasteiger partial charge in [-0.15, -0.1) is 0 Å². The minimum Gasteiger partial charge on any atom is -0.496 e. The van der Waals surface area contributed by atoms with Crippen LogP contribution in [0.15, 0.2) is 18.2 Å².